The number of benzene rings is 2. The number of aromatic nitrogens is 2. The fraction of sp³-hybridized carbons (Fsp3) is 0.450. The van der Waals surface area contributed by atoms with Crippen LogP contribution in [0.25, 0.3) is 40.6 Å². The van der Waals surface area contributed by atoms with Gasteiger partial charge in [0.05, 0.1) is 38.6 Å². The van der Waals surface area contributed by atoms with Gasteiger partial charge in [0.15, 0.2) is 0 Å². The fourth-order valence-corrected chi connectivity index (χ4v) is 8.53. The topological polar surface area (TPSA) is 81.2 Å². The van der Waals surface area contributed by atoms with Gasteiger partial charge in [0, 0.05) is 48.8 Å². The van der Waals surface area contributed by atoms with Crippen molar-refractivity contribution in [1.29, 1.82) is 0 Å². The van der Waals surface area contributed by atoms with Crippen LogP contribution in [0, 0.1) is 0 Å². The predicted octanol–water partition coefficient (Wildman–Crippen LogP) is 10.1. The van der Waals surface area contributed by atoms with Gasteiger partial charge in [-0.1, -0.05) is 54.1 Å². The molecule has 0 spiro atoms. The molecule has 3 aliphatic rings. The standard InChI is InChI=1S/C17H18BNO2S.C12H24B2O4.C11H6ClNS/c1-16(2)17(3,4)21-18(20-16)11-9-13-12-7-5-6-8-14(12)22-15(13)19-10-11;1-9(2)10(3,4)16-13(15-9)14-17-11(5,6)12(7,8)18-14;12-7-5-9-8-3-1-2-4-10(8)14-11(9)13-6-7/h5-10H,1-4H3;1-8H3;1-6H. The Hall–Kier alpha value is -2.58. The van der Waals surface area contributed by atoms with Crippen molar-refractivity contribution in [2.75, 3.05) is 0 Å². The third kappa shape index (κ3) is 7.25. The first kappa shape index (κ1) is 39.7. The zero-order chi connectivity index (χ0) is 39.1. The zero-order valence-electron chi connectivity index (χ0n) is 33.2. The first-order chi connectivity index (χ1) is 25.1. The lowest BCUT2D eigenvalue weighted by molar-refractivity contribution is 0.00578. The van der Waals surface area contributed by atoms with Crippen molar-refractivity contribution >= 4 is 101 Å². The number of nitrogens with zero attached hydrogens (tertiary/aromatic N) is 2. The van der Waals surface area contributed by atoms with Gasteiger partial charge in [-0.05, 0) is 101 Å². The highest BCUT2D eigenvalue weighted by Crippen LogP contribution is 2.43. The molecule has 6 aromatic rings. The van der Waals surface area contributed by atoms with E-state index in [0.29, 0.717) is 5.02 Å². The van der Waals surface area contributed by atoms with Crippen LogP contribution in [-0.2, 0) is 27.9 Å². The fourth-order valence-electron chi connectivity index (χ4n) is 6.32. The second-order valence-electron chi connectivity index (χ2n) is 17.2. The van der Waals surface area contributed by atoms with Gasteiger partial charge in [-0.25, -0.2) is 9.97 Å². The normalized spacial score (nSPS) is 21.8. The molecule has 0 N–H and O–H groups in total. The zero-order valence-corrected chi connectivity index (χ0v) is 35.6. The summed E-state index contributed by atoms with van der Waals surface area (Å²) in [6, 6.07) is 20.8. The first-order valence-corrected chi connectivity index (χ1v) is 20.4. The summed E-state index contributed by atoms with van der Waals surface area (Å²) in [5.41, 5.74) is -1.12. The smallest absolute Gasteiger partial charge is 0.405 e. The van der Waals surface area contributed by atoms with Crippen LogP contribution >= 0.6 is 34.3 Å². The average molecular weight is 785 g/mol. The van der Waals surface area contributed by atoms with E-state index in [1.165, 1.54) is 25.6 Å². The molecule has 0 amide bonds. The van der Waals surface area contributed by atoms with E-state index in [4.69, 9.17) is 39.5 Å². The largest absolute Gasteiger partial charge is 0.496 e. The number of rotatable bonds is 2. The maximum atomic E-state index is 6.13. The molecule has 0 unspecified atom stereocenters. The number of hydrogen-bond acceptors (Lipinski definition) is 10. The maximum Gasteiger partial charge on any atom is 0.496 e. The third-order valence-corrected chi connectivity index (χ3v) is 14.1. The molecular weight excluding hydrogens is 736 g/mol. The molecule has 3 aliphatic heterocycles. The van der Waals surface area contributed by atoms with E-state index in [2.05, 4.69) is 80.1 Å². The molecule has 282 valence electrons. The Kier molecular flexibility index (Phi) is 10.1. The molecular formula is C40H48B3ClN2O6S2. The molecule has 4 aromatic heterocycles. The number of fused-ring (bicyclic) bond motifs is 6. The summed E-state index contributed by atoms with van der Waals surface area (Å²) in [5.74, 6) is 0. The van der Waals surface area contributed by atoms with Crippen LogP contribution in [0.4, 0.5) is 0 Å². The summed E-state index contributed by atoms with van der Waals surface area (Å²) in [6.07, 6.45) is 3.57. The van der Waals surface area contributed by atoms with Crippen molar-refractivity contribution in [3.05, 3.63) is 78.1 Å². The molecule has 0 bridgehead atoms. The van der Waals surface area contributed by atoms with Crippen LogP contribution in [0.5, 0.6) is 0 Å². The molecule has 0 atom stereocenters. The van der Waals surface area contributed by atoms with Crippen LogP contribution < -0.4 is 5.46 Å². The quantitative estimate of drug-likeness (QED) is 0.161. The van der Waals surface area contributed by atoms with Crippen LogP contribution in [0.15, 0.2) is 73.1 Å². The van der Waals surface area contributed by atoms with Gasteiger partial charge in [0.25, 0.3) is 0 Å². The Bertz CT molecular complexity index is 2260. The number of pyridine rings is 2. The van der Waals surface area contributed by atoms with Crippen molar-refractivity contribution in [3.8, 4) is 0 Å². The highest BCUT2D eigenvalue weighted by molar-refractivity contribution is 7.25. The summed E-state index contributed by atoms with van der Waals surface area (Å²) in [4.78, 5) is 11.0. The van der Waals surface area contributed by atoms with E-state index in [1.807, 2.05) is 79.8 Å². The Morgan fingerprint density at radius 2 is 0.852 bits per heavy atom. The van der Waals surface area contributed by atoms with Crippen LogP contribution in [-0.4, -0.2) is 64.7 Å². The highest BCUT2D eigenvalue weighted by Gasteiger charge is 2.63. The minimum Gasteiger partial charge on any atom is -0.405 e. The van der Waals surface area contributed by atoms with E-state index in [-0.39, 0.29) is 40.7 Å². The molecule has 0 saturated carbocycles. The lowest BCUT2D eigenvalue weighted by Gasteiger charge is -2.32. The van der Waals surface area contributed by atoms with Crippen molar-refractivity contribution < 1.29 is 27.9 Å². The molecule has 2 aromatic carbocycles. The monoisotopic (exact) mass is 784 g/mol. The summed E-state index contributed by atoms with van der Waals surface area (Å²) in [5, 5.41) is 5.50. The average Bonchev–Trinajstić information content (AvgIpc) is 3.81. The van der Waals surface area contributed by atoms with Crippen molar-refractivity contribution in [1.82, 2.24) is 9.97 Å². The van der Waals surface area contributed by atoms with E-state index in [9.17, 15) is 0 Å². The Morgan fingerprint density at radius 3 is 1.30 bits per heavy atom. The molecule has 0 radical (unpaired) electrons. The molecule has 8 nitrogen and oxygen atoms in total. The number of thiophene rings is 2. The predicted molar refractivity (Wildman–Crippen MR) is 227 cm³/mol. The Morgan fingerprint density at radius 1 is 0.481 bits per heavy atom. The molecule has 3 fully saturated rings. The molecule has 14 heteroatoms. The van der Waals surface area contributed by atoms with Crippen LogP contribution in [0.3, 0.4) is 0 Å². The summed E-state index contributed by atoms with van der Waals surface area (Å²) >= 11 is 9.34. The minimum absolute atomic E-state index is 0.330. The van der Waals surface area contributed by atoms with Gasteiger partial charge in [0.1, 0.15) is 9.66 Å². The van der Waals surface area contributed by atoms with Crippen LogP contribution in [0.1, 0.15) is 83.1 Å². The van der Waals surface area contributed by atoms with Crippen molar-refractivity contribution in [3.63, 3.8) is 0 Å². The molecule has 3 saturated heterocycles. The van der Waals surface area contributed by atoms with Gasteiger partial charge in [-0.2, -0.15) is 0 Å². The first-order valence-electron chi connectivity index (χ1n) is 18.4. The van der Waals surface area contributed by atoms with Crippen molar-refractivity contribution in [2.45, 2.75) is 117 Å². The summed E-state index contributed by atoms with van der Waals surface area (Å²) < 4.78 is 38.6. The van der Waals surface area contributed by atoms with Gasteiger partial charge in [-0.3, -0.25) is 0 Å². The summed E-state index contributed by atoms with van der Waals surface area (Å²) in [7, 11) is -1.31. The number of hydrogen-bond donors (Lipinski definition) is 0. The van der Waals surface area contributed by atoms with Gasteiger partial charge in [-0.15, -0.1) is 22.7 Å². The second kappa shape index (κ2) is 13.8. The second-order valence-corrected chi connectivity index (χ2v) is 19.7. The highest BCUT2D eigenvalue weighted by atomic mass is 35.5. The van der Waals surface area contributed by atoms with E-state index >= 15 is 0 Å². The minimum atomic E-state index is -0.476. The van der Waals surface area contributed by atoms with E-state index in [0.717, 1.165) is 20.5 Å². The third-order valence-electron chi connectivity index (χ3n) is 11.7. The summed E-state index contributed by atoms with van der Waals surface area (Å²) in [6.45, 7) is 24.5. The van der Waals surface area contributed by atoms with Gasteiger partial charge in [0.2, 0.25) is 0 Å². The van der Waals surface area contributed by atoms with E-state index in [1.54, 1.807) is 28.9 Å². The number of halogens is 1. The van der Waals surface area contributed by atoms with E-state index < -0.39 is 14.0 Å². The Labute approximate surface area is 332 Å². The molecule has 0 aliphatic carbocycles. The lowest BCUT2D eigenvalue weighted by atomic mass is 9.49. The molecule has 7 heterocycles. The van der Waals surface area contributed by atoms with Crippen molar-refractivity contribution in [2.24, 2.45) is 0 Å². The van der Waals surface area contributed by atoms with Gasteiger partial charge < -0.3 is 27.9 Å². The molecule has 9 rings (SSSR count). The Balaban J connectivity index is 0.000000128. The van der Waals surface area contributed by atoms with Gasteiger partial charge >= 0.3 is 21.1 Å². The maximum absolute atomic E-state index is 6.13. The SMILES string of the molecule is CC1(C)OB(B2OC(C)(C)C(C)(C)O2)OC1(C)C.CC1(C)OB(c2cnc3sc4ccccc4c3c2)OC1(C)C.Clc1cnc2sc3ccccc3c2c1. The molecule has 54 heavy (non-hydrogen) atoms. The lowest BCUT2D eigenvalue weighted by Crippen LogP contribution is -2.41. The van der Waals surface area contributed by atoms with Crippen LogP contribution in [0.2, 0.25) is 5.02 Å².